The van der Waals surface area contributed by atoms with Gasteiger partial charge in [0.15, 0.2) is 11.5 Å². The number of rotatable bonds is 7. The first-order valence-corrected chi connectivity index (χ1v) is 9.48. The SMILES string of the molecule is COc1cc(CCNC(=O)c2sc3ncn(C)c(=O)c3c2C)ccc1OC(F)F. The summed E-state index contributed by atoms with van der Waals surface area (Å²) in [6.07, 6.45) is 1.89. The van der Waals surface area contributed by atoms with E-state index in [1.165, 1.54) is 35.4 Å². The second-order valence-corrected chi connectivity index (χ2v) is 7.27. The Balaban J connectivity index is 1.69. The smallest absolute Gasteiger partial charge is 0.387 e. The molecular formula is C19H19F2N3O4S. The number of hydrogen-bond acceptors (Lipinski definition) is 6. The molecule has 2 aromatic heterocycles. The molecule has 154 valence electrons. The zero-order valence-electron chi connectivity index (χ0n) is 16.0. The average Bonchev–Trinajstić information content (AvgIpc) is 3.02. The Morgan fingerprint density at radius 2 is 2.10 bits per heavy atom. The van der Waals surface area contributed by atoms with Crippen LogP contribution in [0, 0.1) is 6.92 Å². The molecule has 1 N–H and O–H groups in total. The minimum absolute atomic E-state index is 0.0507. The van der Waals surface area contributed by atoms with Gasteiger partial charge >= 0.3 is 6.61 Å². The number of benzene rings is 1. The lowest BCUT2D eigenvalue weighted by Gasteiger charge is -2.11. The molecule has 1 amide bonds. The number of alkyl halides is 2. The van der Waals surface area contributed by atoms with Gasteiger partial charge in [0.05, 0.1) is 23.7 Å². The summed E-state index contributed by atoms with van der Waals surface area (Å²) in [6.45, 7) is -0.899. The third kappa shape index (κ3) is 4.37. The van der Waals surface area contributed by atoms with Crippen LogP contribution in [0.5, 0.6) is 11.5 Å². The van der Waals surface area contributed by atoms with Gasteiger partial charge in [-0.1, -0.05) is 6.07 Å². The van der Waals surface area contributed by atoms with Crippen LogP contribution in [-0.2, 0) is 13.5 Å². The molecule has 0 saturated heterocycles. The largest absolute Gasteiger partial charge is 0.493 e. The second-order valence-electron chi connectivity index (χ2n) is 6.27. The van der Waals surface area contributed by atoms with Crippen molar-refractivity contribution < 1.29 is 23.0 Å². The molecule has 0 atom stereocenters. The highest BCUT2D eigenvalue weighted by molar-refractivity contribution is 7.20. The van der Waals surface area contributed by atoms with E-state index in [1.54, 1.807) is 26.1 Å². The number of carbonyl (C=O) groups is 1. The number of methoxy groups -OCH3 is 1. The van der Waals surface area contributed by atoms with Gasteiger partial charge in [-0.2, -0.15) is 8.78 Å². The number of thiophene rings is 1. The van der Waals surface area contributed by atoms with Crippen LogP contribution in [0.2, 0.25) is 0 Å². The highest BCUT2D eigenvalue weighted by atomic mass is 32.1. The molecule has 29 heavy (non-hydrogen) atoms. The zero-order valence-corrected chi connectivity index (χ0v) is 16.8. The molecule has 0 aliphatic rings. The van der Waals surface area contributed by atoms with E-state index < -0.39 is 6.61 Å². The lowest BCUT2D eigenvalue weighted by atomic mass is 10.1. The van der Waals surface area contributed by atoms with Crippen LogP contribution in [0.25, 0.3) is 10.2 Å². The minimum atomic E-state index is -2.94. The Labute approximate surface area is 168 Å². The Morgan fingerprint density at radius 3 is 2.79 bits per heavy atom. The Morgan fingerprint density at radius 1 is 1.34 bits per heavy atom. The maximum absolute atomic E-state index is 12.6. The third-order valence-corrected chi connectivity index (χ3v) is 5.56. The minimum Gasteiger partial charge on any atom is -0.493 e. The highest BCUT2D eigenvalue weighted by Crippen LogP contribution is 2.30. The van der Waals surface area contributed by atoms with E-state index in [9.17, 15) is 18.4 Å². The Bertz CT molecular complexity index is 1110. The van der Waals surface area contributed by atoms with Crippen molar-refractivity contribution >= 4 is 27.5 Å². The Kier molecular flexibility index (Phi) is 6.12. The molecule has 2 heterocycles. The van der Waals surface area contributed by atoms with E-state index in [4.69, 9.17) is 4.74 Å². The maximum atomic E-state index is 12.6. The van der Waals surface area contributed by atoms with E-state index >= 15 is 0 Å². The molecule has 0 radical (unpaired) electrons. The van der Waals surface area contributed by atoms with Crippen LogP contribution in [0.15, 0.2) is 29.3 Å². The Hall–Kier alpha value is -3.01. The molecule has 7 nitrogen and oxygen atoms in total. The lowest BCUT2D eigenvalue weighted by Crippen LogP contribution is -2.25. The van der Waals surface area contributed by atoms with Gasteiger partial charge in [0.1, 0.15) is 4.83 Å². The molecule has 1 aromatic carbocycles. The molecule has 0 aliphatic heterocycles. The predicted molar refractivity (Wildman–Crippen MR) is 105 cm³/mol. The molecule has 0 unspecified atom stereocenters. The molecule has 3 rings (SSSR count). The zero-order chi connectivity index (χ0) is 21.1. The van der Waals surface area contributed by atoms with Gasteiger partial charge in [-0.25, -0.2) is 4.98 Å². The highest BCUT2D eigenvalue weighted by Gasteiger charge is 2.19. The molecule has 0 bridgehead atoms. The molecular weight excluding hydrogens is 404 g/mol. The fourth-order valence-corrected chi connectivity index (χ4v) is 3.94. The van der Waals surface area contributed by atoms with Gasteiger partial charge in [-0.3, -0.25) is 9.59 Å². The molecule has 0 saturated carbocycles. The summed E-state index contributed by atoms with van der Waals surface area (Å²) in [5.41, 5.74) is 1.19. The quantitative estimate of drug-likeness (QED) is 0.632. The van der Waals surface area contributed by atoms with Gasteiger partial charge in [0, 0.05) is 13.6 Å². The molecule has 0 aliphatic carbocycles. The van der Waals surface area contributed by atoms with Crippen LogP contribution < -0.4 is 20.3 Å². The number of carbonyl (C=O) groups excluding carboxylic acids is 1. The van der Waals surface area contributed by atoms with Gasteiger partial charge in [-0.15, -0.1) is 11.3 Å². The summed E-state index contributed by atoms with van der Waals surface area (Å²) in [7, 11) is 2.97. The number of nitrogens with one attached hydrogen (secondary N) is 1. The normalized spacial score (nSPS) is 11.1. The summed E-state index contributed by atoms with van der Waals surface area (Å²) >= 11 is 1.17. The van der Waals surface area contributed by atoms with Crippen LogP contribution >= 0.6 is 11.3 Å². The summed E-state index contributed by atoms with van der Waals surface area (Å²) in [4.78, 5) is 30.0. The summed E-state index contributed by atoms with van der Waals surface area (Å²) < 4.78 is 35.6. The van der Waals surface area contributed by atoms with Crippen molar-refractivity contribution in [2.24, 2.45) is 7.05 Å². The van der Waals surface area contributed by atoms with E-state index in [2.05, 4.69) is 15.0 Å². The third-order valence-electron chi connectivity index (χ3n) is 4.36. The van der Waals surface area contributed by atoms with Crippen LogP contribution in [-0.4, -0.2) is 35.7 Å². The molecule has 10 heteroatoms. The first-order valence-electron chi connectivity index (χ1n) is 8.66. The number of fused-ring (bicyclic) bond motifs is 1. The van der Waals surface area contributed by atoms with Crippen molar-refractivity contribution in [3.8, 4) is 11.5 Å². The van der Waals surface area contributed by atoms with Gasteiger partial charge in [-0.05, 0) is 36.6 Å². The van der Waals surface area contributed by atoms with Crippen LogP contribution in [0.4, 0.5) is 8.78 Å². The fraction of sp³-hybridized carbons (Fsp3) is 0.316. The van der Waals surface area contributed by atoms with Crippen molar-refractivity contribution in [3.05, 3.63) is 50.9 Å². The van der Waals surface area contributed by atoms with Gasteiger partial charge in [0.2, 0.25) is 0 Å². The molecule has 0 fully saturated rings. The monoisotopic (exact) mass is 423 g/mol. The topological polar surface area (TPSA) is 82.5 Å². The fourth-order valence-electron chi connectivity index (χ4n) is 2.89. The maximum Gasteiger partial charge on any atom is 0.387 e. The average molecular weight is 423 g/mol. The van der Waals surface area contributed by atoms with Crippen molar-refractivity contribution in [2.45, 2.75) is 20.0 Å². The van der Waals surface area contributed by atoms with E-state index in [0.717, 1.165) is 5.56 Å². The molecule has 0 spiro atoms. The lowest BCUT2D eigenvalue weighted by molar-refractivity contribution is -0.0512. The number of ether oxygens (including phenoxy) is 2. The van der Waals surface area contributed by atoms with Crippen molar-refractivity contribution in [2.75, 3.05) is 13.7 Å². The summed E-state index contributed by atoms with van der Waals surface area (Å²) in [5, 5.41) is 3.26. The number of aryl methyl sites for hydroxylation is 2. The van der Waals surface area contributed by atoms with E-state index in [-0.39, 0.29) is 23.0 Å². The molecule has 3 aromatic rings. The number of hydrogen-bond donors (Lipinski definition) is 1. The number of amides is 1. The van der Waals surface area contributed by atoms with Gasteiger partial charge in [0.25, 0.3) is 11.5 Å². The second kappa shape index (κ2) is 8.56. The van der Waals surface area contributed by atoms with E-state index in [1.807, 2.05) is 0 Å². The van der Waals surface area contributed by atoms with Crippen molar-refractivity contribution in [1.82, 2.24) is 14.9 Å². The summed E-state index contributed by atoms with van der Waals surface area (Å²) in [5.74, 6) is -0.154. The first kappa shape index (κ1) is 20.7. The number of aromatic nitrogens is 2. The van der Waals surface area contributed by atoms with Crippen LogP contribution in [0.3, 0.4) is 0 Å². The van der Waals surface area contributed by atoms with Crippen LogP contribution in [0.1, 0.15) is 20.8 Å². The van der Waals surface area contributed by atoms with Gasteiger partial charge < -0.3 is 19.4 Å². The predicted octanol–water partition coefficient (Wildman–Crippen LogP) is 2.89. The number of nitrogens with zero attached hydrogens (tertiary/aromatic N) is 2. The standard InChI is InChI=1S/C19H19F2N3O4S/c1-10-14-17(23-9-24(2)18(14)26)29-15(10)16(25)22-7-6-11-4-5-12(28-19(20)21)13(8-11)27-3/h4-5,8-9,19H,6-7H2,1-3H3,(H,22,25). The van der Waals surface area contributed by atoms with Crippen molar-refractivity contribution in [3.63, 3.8) is 0 Å². The summed E-state index contributed by atoms with van der Waals surface area (Å²) in [6, 6.07) is 4.62. The van der Waals surface area contributed by atoms with Crippen molar-refractivity contribution in [1.29, 1.82) is 0 Å². The first-order chi connectivity index (χ1) is 13.8. The van der Waals surface area contributed by atoms with E-state index in [0.29, 0.717) is 33.6 Å². The number of halogens is 2.